The summed E-state index contributed by atoms with van der Waals surface area (Å²) in [6, 6.07) is 6.99. The van der Waals surface area contributed by atoms with Crippen LogP contribution in [0.25, 0.3) is 0 Å². The Kier molecular flexibility index (Phi) is 4.65. The number of nitrogens with one attached hydrogen (secondary N) is 1. The third-order valence-corrected chi connectivity index (χ3v) is 3.25. The van der Waals surface area contributed by atoms with Gasteiger partial charge in [-0.3, -0.25) is 4.79 Å². The summed E-state index contributed by atoms with van der Waals surface area (Å²) in [4.78, 5) is 12.0. The smallest absolute Gasteiger partial charge is 0.252 e. The molecular formula is C15H15ClFNO3. The van der Waals surface area contributed by atoms with Crippen molar-refractivity contribution in [2.45, 2.75) is 18.9 Å². The van der Waals surface area contributed by atoms with E-state index in [-0.39, 0.29) is 23.6 Å². The Bertz CT molecular complexity index is 626. The number of hydrogen-bond acceptors (Lipinski definition) is 3. The fourth-order valence-corrected chi connectivity index (χ4v) is 2.14. The standard InChI is InChI=1S/C15H15ClFNO3/c1-15(20,8-11-3-2-6-21-11)9-18-14(19)12-5-4-10(17)7-13(12)16/h2-7,20H,8-9H2,1H3,(H,18,19). The van der Waals surface area contributed by atoms with Gasteiger partial charge < -0.3 is 14.8 Å². The summed E-state index contributed by atoms with van der Waals surface area (Å²) in [5.41, 5.74) is -1.01. The van der Waals surface area contributed by atoms with Crippen LogP contribution >= 0.6 is 11.6 Å². The molecule has 0 bridgehead atoms. The summed E-state index contributed by atoms with van der Waals surface area (Å²) in [5, 5.41) is 12.8. The monoisotopic (exact) mass is 311 g/mol. The Morgan fingerprint density at radius 1 is 1.48 bits per heavy atom. The molecule has 0 spiro atoms. The van der Waals surface area contributed by atoms with Gasteiger partial charge in [-0.15, -0.1) is 0 Å². The highest BCUT2D eigenvalue weighted by molar-refractivity contribution is 6.33. The SMILES string of the molecule is CC(O)(CNC(=O)c1ccc(F)cc1Cl)Cc1ccco1. The minimum atomic E-state index is -1.17. The van der Waals surface area contributed by atoms with Gasteiger partial charge in [-0.2, -0.15) is 0 Å². The van der Waals surface area contributed by atoms with Crippen molar-refractivity contribution < 1.29 is 18.7 Å². The molecule has 0 aliphatic heterocycles. The summed E-state index contributed by atoms with van der Waals surface area (Å²) in [7, 11) is 0. The van der Waals surface area contributed by atoms with Crippen LogP contribution in [0.4, 0.5) is 4.39 Å². The fourth-order valence-electron chi connectivity index (χ4n) is 1.89. The number of furan rings is 1. The van der Waals surface area contributed by atoms with Crippen molar-refractivity contribution >= 4 is 17.5 Å². The van der Waals surface area contributed by atoms with Crippen LogP contribution in [-0.4, -0.2) is 23.2 Å². The summed E-state index contributed by atoms with van der Waals surface area (Å²) < 4.78 is 18.1. The minimum Gasteiger partial charge on any atom is -0.469 e. The molecule has 4 nitrogen and oxygen atoms in total. The molecule has 2 aromatic rings. The van der Waals surface area contributed by atoms with Gasteiger partial charge >= 0.3 is 0 Å². The maximum Gasteiger partial charge on any atom is 0.252 e. The number of halogens is 2. The van der Waals surface area contributed by atoms with Gasteiger partial charge in [-0.1, -0.05) is 11.6 Å². The average molecular weight is 312 g/mol. The molecule has 21 heavy (non-hydrogen) atoms. The van der Waals surface area contributed by atoms with Crippen LogP contribution < -0.4 is 5.32 Å². The maximum absolute atomic E-state index is 12.9. The molecule has 0 aliphatic rings. The molecule has 2 rings (SSSR count). The Morgan fingerprint density at radius 3 is 2.86 bits per heavy atom. The summed E-state index contributed by atoms with van der Waals surface area (Å²) in [6.45, 7) is 1.60. The van der Waals surface area contributed by atoms with Gasteiger partial charge in [-0.05, 0) is 37.3 Å². The molecule has 1 aromatic heterocycles. The quantitative estimate of drug-likeness (QED) is 0.892. The molecule has 1 amide bonds. The molecule has 112 valence electrons. The van der Waals surface area contributed by atoms with Gasteiger partial charge in [-0.25, -0.2) is 4.39 Å². The zero-order chi connectivity index (χ0) is 15.5. The predicted molar refractivity (Wildman–Crippen MR) is 76.8 cm³/mol. The molecule has 0 fully saturated rings. The summed E-state index contributed by atoms with van der Waals surface area (Å²) in [5.74, 6) is -0.366. The lowest BCUT2D eigenvalue weighted by Gasteiger charge is -2.22. The lowest BCUT2D eigenvalue weighted by molar-refractivity contribution is 0.0510. The molecule has 0 radical (unpaired) electrons. The van der Waals surface area contributed by atoms with Crippen LogP contribution in [0.15, 0.2) is 41.0 Å². The van der Waals surface area contributed by atoms with Crippen molar-refractivity contribution in [3.63, 3.8) is 0 Å². The number of amides is 1. The molecule has 1 heterocycles. The highest BCUT2D eigenvalue weighted by Gasteiger charge is 2.24. The van der Waals surface area contributed by atoms with E-state index in [0.717, 1.165) is 12.1 Å². The Morgan fingerprint density at radius 2 is 2.24 bits per heavy atom. The number of benzene rings is 1. The largest absolute Gasteiger partial charge is 0.469 e. The lowest BCUT2D eigenvalue weighted by Crippen LogP contribution is -2.42. The molecule has 0 saturated heterocycles. The first-order valence-electron chi connectivity index (χ1n) is 6.35. The van der Waals surface area contributed by atoms with Crippen molar-refractivity contribution in [3.05, 3.63) is 58.8 Å². The number of hydrogen-bond donors (Lipinski definition) is 2. The third kappa shape index (κ3) is 4.31. The van der Waals surface area contributed by atoms with E-state index in [4.69, 9.17) is 16.0 Å². The van der Waals surface area contributed by atoms with Crippen LogP contribution in [-0.2, 0) is 6.42 Å². The highest BCUT2D eigenvalue weighted by Crippen LogP contribution is 2.18. The van der Waals surface area contributed by atoms with Gasteiger partial charge in [0.25, 0.3) is 5.91 Å². The first-order chi connectivity index (χ1) is 9.87. The number of aliphatic hydroxyl groups is 1. The fraction of sp³-hybridized carbons (Fsp3) is 0.267. The van der Waals surface area contributed by atoms with Gasteiger partial charge in [0.05, 0.1) is 22.5 Å². The Hall–Kier alpha value is -1.85. The number of rotatable bonds is 5. The van der Waals surface area contributed by atoms with E-state index in [0.29, 0.717) is 5.76 Å². The molecule has 1 unspecified atom stereocenters. The van der Waals surface area contributed by atoms with E-state index in [9.17, 15) is 14.3 Å². The van der Waals surface area contributed by atoms with E-state index in [1.54, 1.807) is 19.1 Å². The zero-order valence-corrected chi connectivity index (χ0v) is 12.2. The number of carbonyl (C=O) groups is 1. The average Bonchev–Trinajstić information content (AvgIpc) is 2.88. The van der Waals surface area contributed by atoms with Crippen LogP contribution in [0.3, 0.4) is 0 Å². The molecule has 2 N–H and O–H groups in total. The summed E-state index contributed by atoms with van der Waals surface area (Å²) in [6.07, 6.45) is 1.78. The van der Waals surface area contributed by atoms with E-state index in [2.05, 4.69) is 5.32 Å². The normalized spacial score (nSPS) is 13.7. The topological polar surface area (TPSA) is 62.5 Å². The van der Waals surface area contributed by atoms with Gasteiger partial charge in [0.15, 0.2) is 0 Å². The third-order valence-electron chi connectivity index (χ3n) is 2.94. The van der Waals surface area contributed by atoms with Crippen LogP contribution in [0.1, 0.15) is 23.0 Å². The Balaban J connectivity index is 1.96. The van der Waals surface area contributed by atoms with Crippen LogP contribution in [0.5, 0.6) is 0 Å². The maximum atomic E-state index is 12.9. The van der Waals surface area contributed by atoms with Crippen molar-refractivity contribution in [1.82, 2.24) is 5.32 Å². The van der Waals surface area contributed by atoms with Crippen molar-refractivity contribution in [2.24, 2.45) is 0 Å². The number of carbonyl (C=O) groups excluding carboxylic acids is 1. The van der Waals surface area contributed by atoms with Crippen LogP contribution in [0.2, 0.25) is 5.02 Å². The highest BCUT2D eigenvalue weighted by atomic mass is 35.5. The Labute approximate surface area is 126 Å². The molecule has 1 atom stereocenters. The lowest BCUT2D eigenvalue weighted by atomic mass is 10.0. The van der Waals surface area contributed by atoms with Gasteiger partial charge in [0.1, 0.15) is 11.6 Å². The molecule has 0 aliphatic carbocycles. The first-order valence-corrected chi connectivity index (χ1v) is 6.73. The van der Waals surface area contributed by atoms with Gasteiger partial charge in [0, 0.05) is 13.0 Å². The molecule has 6 heteroatoms. The molecule has 1 aromatic carbocycles. The van der Waals surface area contributed by atoms with Crippen molar-refractivity contribution in [3.8, 4) is 0 Å². The zero-order valence-electron chi connectivity index (χ0n) is 11.4. The van der Waals surface area contributed by atoms with Gasteiger partial charge in [0.2, 0.25) is 0 Å². The van der Waals surface area contributed by atoms with Crippen LogP contribution in [0, 0.1) is 5.82 Å². The van der Waals surface area contributed by atoms with E-state index < -0.39 is 17.3 Å². The van der Waals surface area contributed by atoms with Crippen molar-refractivity contribution in [1.29, 1.82) is 0 Å². The second-order valence-corrected chi connectivity index (χ2v) is 5.47. The molecular weight excluding hydrogens is 297 g/mol. The second-order valence-electron chi connectivity index (χ2n) is 5.06. The van der Waals surface area contributed by atoms with E-state index in [1.165, 1.54) is 12.3 Å². The second kappa shape index (κ2) is 6.28. The van der Waals surface area contributed by atoms with Crippen molar-refractivity contribution in [2.75, 3.05) is 6.54 Å². The molecule has 0 saturated carbocycles. The van der Waals surface area contributed by atoms with E-state index in [1.807, 2.05) is 0 Å². The first kappa shape index (κ1) is 15.5. The minimum absolute atomic E-state index is 0.0141. The van der Waals surface area contributed by atoms with E-state index >= 15 is 0 Å². The predicted octanol–water partition coefficient (Wildman–Crippen LogP) is 2.80. The summed E-state index contributed by atoms with van der Waals surface area (Å²) >= 11 is 5.81.